The molecule has 0 aliphatic rings. The number of rotatable bonds is 57. The van der Waals surface area contributed by atoms with E-state index in [1.807, 2.05) is 33.3 Å². The van der Waals surface area contributed by atoms with Gasteiger partial charge in [-0.2, -0.15) is 0 Å². The molecule has 0 aromatic carbocycles. The predicted octanol–water partition coefficient (Wildman–Crippen LogP) is 19.3. The number of carbonyl (C=O) groups excluding carboxylic acids is 2. The number of amides is 1. The van der Waals surface area contributed by atoms with Gasteiger partial charge in [-0.15, -0.1) is 0 Å². The zero-order valence-electron chi connectivity index (χ0n) is 49.6. The van der Waals surface area contributed by atoms with Crippen molar-refractivity contribution in [3.63, 3.8) is 0 Å². The van der Waals surface area contributed by atoms with Crippen LogP contribution in [0.2, 0.25) is 0 Å². The van der Waals surface area contributed by atoms with E-state index in [9.17, 15) is 19.0 Å². The number of unbranched alkanes of at least 4 members (excludes halogenated alkanes) is 35. The zero-order valence-corrected chi connectivity index (χ0v) is 50.5. The largest absolute Gasteiger partial charge is 0.472 e. The highest BCUT2D eigenvalue weighted by atomic mass is 31.2. The molecule has 0 bridgehead atoms. The van der Waals surface area contributed by atoms with E-state index in [0.29, 0.717) is 17.4 Å². The monoisotopic (exact) mass is 1060 g/mol. The fourth-order valence-corrected chi connectivity index (χ4v) is 9.82. The van der Waals surface area contributed by atoms with Gasteiger partial charge in [0.05, 0.1) is 33.8 Å². The summed E-state index contributed by atoms with van der Waals surface area (Å²) in [5, 5.41) is 3.06. The molecule has 9 nitrogen and oxygen atoms in total. The van der Waals surface area contributed by atoms with Gasteiger partial charge >= 0.3 is 13.8 Å². The van der Waals surface area contributed by atoms with E-state index in [0.717, 1.165) is 77.0 Å². The summed E-state index contributed by atoms with van der Waals surface area (Å²) in [6.45, 7) is 6.99. The summed E-state index contributed by atoms with van der Waals surface area (Å²) in [6, 6.07) is -0.853. The molecule has 0 saturated carbocycles. The van der Waals surface area contributed by atoms with Crippen LogP contribution in [-0.2, 0) is 27.9 Å². The Bertz CT molecular complexity index is 1410. The molecule has 0 aliphatic heterocycles. The molecule has 3 atom stereocenters. The highest BCUT2D eigenvalue weighted by molar-refractivity contribution is 7.47. The summed E-state index contributed by atoms with van der Waals surface area (Å²) in [6.07, 6.45) is 66.8. The standard InChI is InChI=1S/C64H121N2O7P/c1-7-10-13-16-19-22-25-28-29-30-31-32-33-34-35-36-37-39-41-44-47-50-53-56-63(67)65-61(60-72-74(69,70)71-59-58-66(4,5)6)62(55-52-49-46-43-40-27-24-21-18-15-12-9-3)73-64(68)57-54-51-48-45-42-38-26-23-20-17-14-11-8-2/h19,22,28-29,38,42,52,55,61-62H,7-18,20-21,23-27,30-37,39-41,43-51,53-54,56-60H2,1-6H3,(H-,65,67,69,70)/p+1/b22-19-,29-28-,42-38-,55-52-. The van der Waals surface area contributed by atoms with Crippen molar-refractivity contribution in [3.05, 3.63) is 48.6 Å². The molecular formula is C64H122N2O7P+. The van der Waals surface area contributed by atoms with E-state index in [1.54, 1.807) is 0 Å². The minimum atomic E-state index is -4.45. The van der Waals surface area contributed by atoms with Crippen molar-refractivity contribution in [1.29, 1.82) is 0 Å². The Hall–Kier alpha value is -2.03. The predicted molar refractivity (Wildman–Crippen MR) is 319 cm³/mol. The molecule has 0 aromatic heterocycles. The maximum absolute atomic E-state index is 13.5. The SMILES string of the molecule is CCCCC/C=C\C/C=C\CCCCCCCCCCCCCCCC(=O)NC(COP(=O)(O)OCC[N+](C)(C)C)C(/C=C\CCCCCCCCCCCC)OC(=O)CCCCC/C=C\CCCCCCCC. The summed E-state index contributed by atoms with van der Waals surface area (Å²) in [5.41, 5.74) is 0. The second-order valence-corrected chi connectivity index (χ2v) is 24.0. The molecule has 74 heavy (non-hydrogen) atoms. The van der Waals surface area contributed by atoms with Crippen molar-refractivity contribution < 1.29 is 37.3 Å². The van der Waals surface area contributed by atoms with Crippen LogP contribution >= 0.6 is 7.82 Å². The molecule has 0 heterocycles. The number of carbonyl (C=O) groups is 2. The Kier molecular flexibility index (Phi) is 52.8. The van der Waals surface area contributed by atoms with Gasteiger partial charge in [0.25, 0.3) is 0 Å². The smallest absolute Gasteiger partial charge is 0.456 e. The third kappa shape index (κ3) is 54.7. The first kappa shape index (κ1) is 72.0. The minimum absolute atomic E-state index is 0.0386. The van der Waals surface area contributed by atoms with Crippen molar-refractivity contribution in [2.45, 2.75) is 309 Å². The molecule has 3 unspecified atom stereocenters. The molecule has 0 spiro atoms. The second kappa shape index (κ2) is 54.3. The van der Waals surface area contributed by atoms with E-state index in [1.165, 1.54) is 186 Å². The van der Waals surface area contributed by atoms with E-state index < -0.39 is 20.0 Å². The Balaban J connectivity index is 5.15. The second-order valence-electron chi connectivity index (χ2n) is 22.6. The van der Waals surface area contributed by atoms with Gasteiger partial charge in [0.2, 0.25) is 5.91 Å². The zero-order chi connectivity index (χ0) is 54.3. The first-order chi connectivity index (χ1) is 35.9. The van der Waals surface area contributed by atoms with Gasteiger partial charge in [-0.05, 0) is 89.5 Å². The molecular weight excluding hydrogens is 940 g/mol. The first-order valence-electron chi connectivity index (χ1n) is 31.5. The third-order valence-electron chi connectivity index (χ3n) is 14.0. The van der Waals surface area contributed by atoms with Crippen molar-refractivity contribution in [3.8, 4) is 0 Å². The Morgan fingerprint density at radius 1 is 0.473 bits per heavy atom. The van der Waals surface area contributed by atoms with Crippen LogP contribution in [-0.4, -0.2) is 74.3 Å². The van der Waals surface area contributed by atoms with Gasteiger partial charge in [-0.3, -0.25) is 18.6 Å². The number of hydrogen-bond donors (Lipinski definition) is 2. The van der Waals surface area contributed by atoms with Gasteiger partial charge in [-0.1, -0.05) is 243 Å². The summed E-state index contributed by atoms with van der Waals surface area (Å²) in [7, 11) is 1.49. The number of phosphoric ester groups is 1. The molecule has 0 saturated heterocycles. The summed E-state index contributed by atoms with van der Waals surface area (Å²) in [4.78, 5) is 37.7. The van der Waals surface area contributed by atoms with Gasteiger partial charge in [0.1, 0.15) is 19.3 Å². The summed E-state index contributed by atoms with van der Waals surface area (Å²) >= 11 is 0. The topological polar surface area (TPSA) is 111 Å². The molecule has 1 amide bonds. The van der Waals surface area contributed by atoms with Crippen LogP contribution in [0.15, 0.2) is 48.6 Å². The number of ether oxygens (including phenoxy) is 1. The number of quaternary nitrogens is 1. The quantitative estimate of drug-likeness (QED) is 0.0205. The fraction of sp³-hybridized carbons (Fsp3) is 0.844. The fourth-order valence-electron chi connectivity index (χ4n) is 9.08. The first-order valence-corrected chi connectivity index (χ1v) is 33.0. The number of phosphoric acid groups is 1. The lowest BCUT2D eigenvalue weighted by molar-refractivity contribution is -0.870. The van der Waals surface area contributed by atoms with Gasteiger partial charge in [0, 0.05) is 12.8 Å². The molecule has 0 rings (SSSR count). The van der Waals surface area contributed by atoms with Crippen LogP contribution in [0, 0.1) is 0 Å². The number of allylic oxidation sites excluding steroid dienone is 7. The van der Waals surface area contributed by atoms with E-state index in [-0.39, 0.29) is 31.5 Å². The van der Waals surface area contributed by atoms with Crippen LogP contribution in [0.1, 0.15) is 297 Å². The average molecular weight is 1060 g/mol. The maximum Gasteiger partial charge on any atom is 0.472 e. The molecule has 434 valence electrons. The Morgan fingerprint density at radius 3 is 1.27 bits per heavy atom. The highest BCUT2D eigenvalue weighted by Gasteiger charge is 2.30. The van der Waals surface area contributed by atoms with Crippen LogP contribution < -0.4 is 5.32 Å². The lowest BCUT2D eigenvalue weighted by Crippen LogP contribution is -2.47. The molecule has 10 heteroatoms. The molecule has 0 radical (unpaired) electrons. The minimum Gasteiger partial charge on any atom is -0.456 e. The number of nitrogens with zero attached hydrogens (tertiary/aromatic N) is 1. The number of hydrogen-bond acceptors (Lipinski definition) is 6. The molecule has 0 aliphatic carbocycles. The van der Waals surface area contributed by atoms with Gasteiger partial charge in [-0.25, -0.2) is 4.57 Å². The summed E-state index contributed by atoms with van der Waals surface area (Å²) in [5.74, 6) is -0.516. The third-order valence-corrected chi connectivity index (χ3v) is 15.0. The number of nitrogens with one attached hydrogen (secondary N) is 1. The normalized spacial score (nSPS) is 14.0. The van der Waals surface area contributed by atoms with E-state index >= 15 is 0 Å². The lowest BCUT2D eigenvalue weighted by atomic mass is 10.0. The van der Waals surface area contributed by atoms with Crippen molar-refractivity contribution in [2.24, 2.45) is 0 Å². The van der Waals surface area contributed by atoms with Gasteiger partial charge < -0.3 is 19.4 Å². The lowest BCUT2D eigenvalue weighted by Gasteiger charge is -2.27. The van der Waals surface area contributed by atoms with E-state index in [4.69, 9.17) is 13.8 Å². The summed E-state index contributed by atoms with van der Waals surface area (Å²) < 4.78 is 30.7. The van der Waals surface area contributed by atoms with Crippen molar-refractivity contribution >= 4 is 19.7 Å². The van der Waals surface area contributed by atoms with Crippen LogP contribution in [0.4, 0.5) is 0 Å². The molecule has 0 fully saturated rings. The van der Waals surface area contributed by atoms with Crippen LogP contribution in [0.3, 0.4) is 0 Å². The molecule has 0 aromatic rings. The van der Waals surface area contributed by atoms with Crippen LogP contribution in [0.25, 0.3) is 0 Å². The van der Waals surface area contributed by atoms with Crippen molar-refractivity contribution in [1.82, 2.24) is 5.32 Å². The number of esters is 1. The Labute approximate surface area is 458 Å². The average Bonchev–Trinajstić information content (AvgIpc) is 3.36. The van der Waals surface area contributed by atoms with Crippen molar-refractivity contribution in [2.75, 3.05) is 40.9 Å². The Morgan fingerprint density at radius 2 is 0.824 bits per heavy atom. The van der Waals surface area contributed by atoms with Crippen LogP contribution in [0.5, 0.6) is 0 Å². The highest BCUT2D eigenvalue weighted by Crippen LogP contribution is 2.43. The maximum atomic E-state index is 13.5. The number of likely N-dealkylation sites (N-methyl/N-ethyl adjacent to an activating group) is 1. The van der Waals surface area contributed by atoms with Gasteiger partial charge in [0.15, 0.2) is 0 Å². The van der Waals surface area contributed by atoms with E-state index in [2.05, 4.69) is 62.5 Å². The molecule has 2 N–H and O–H groups in total.